The Balaban J connectivity index is 1.35. The molecule has 1 atom stereocenters. The first-order valence-corrected chi connectivity index (χ1v) is 10.5. The molecular weight excluding hydrogens is 507 g/mol. The smallest absolute Gasteiger partial charge is 0.252 e. The van der Waals surface area contributed by atoms with Gasteiger partial charge in [0.25, 0.3) is 5.91 Å². The van der Waals surface area contributed by atoms with Crippen LogP contribution in [0.5, 0.6) is 0 Å². The quantitative estimate of drug-likeness (QED) is 0.507. The van der Waals surface area contributed by atoms with E-state index in [-0.39, 0.29) is 30.7 Å². The van der Waals surface area contributed by atoms with Crippen LogP contribution in [0.3, 0.4) is 0 Å². The summed E-state index contributed by atoms with van der Waals surface area (Å²) in [6.45, 7) is 0.229. The highest BCUT2D eigenvalue weighted by Gasteiger charge is 2.45. The van der Waals surface area contributed by atoms with E-state index in [1.165, 1.54) is 36.4 Å². The monoisotopic (exact) mass is 525 g/mol. The Bertz CT molecular complexity index is 1060. The molecule has 30 heavy (non-hydrogen) atoms. The minimum Gasteiger partial charge on any atom is -0.350 e. The third-order valence-corrected chi connectivity index (χ3v) is 6.27. The highest BCUT2D eigenvalue weighted by molar-refractivity contribution is 14.1. The summed E-state index contributed by atoms with van der Waals surface area (Å²) in [6.07, 6.45) is 1.29. The van der Waals surface area contributed by atoms with Crippen molar-refractivity contribution in [2.24, 2.45) is 0 Å². The Labute approximate surface area is 184 Å². The number of carbonyl (C=O) groups excluding carboxylic acids is 3. The standard InChI is InChI=1S/C21H18F2IN3O3/c22-11-2-4-17-14(7-11)15(20(30)26-17)9-18(28)27-21(5-6-21)10-25-19(29)13-3-1-12(23)8-16(13)24/h1-4,7-8,15H,5-6,9-10H2,(H,25,29)(H,26,30)(H,27,28). The average molecular weight is 525 g/mol. The van der Waals surface area contributed by atoms with E-state index in [9.17, 15) is 23.2 Å². The molecule has 2 aromatic carbocycles. The maximum absolute atomic E-state index is 13.5. The van der Waals surface area contributed by atoms with Gasteiger partial charge in [-0.15, -0.1) is 0 Å². The lowest BCUT2D eigenvalue weighted by atomic mass is 9.96. The highest BCUT2D eigenvalue weighted by Crippen LogP contribution is 2.37. The zero-order valence-corrected chi connectivity index (χ0v) is 17.9. The third-order valence-electron chi connectivity index (χ3n) is 5.37. The molecule has 1 saturated carbocycles. The summed E-state index contributed by atoms with van der Waals surface area (Å²) in [4.78, 5) is 37.1. The van der Waals surface area contributed by atoms with Gasteiger partial charge in [0.05, 0.1) is 17.0 Å². The fraction of sp³-hybridized carbons (Fsp3) is 0.286. The normalized spacial score (nSPS) is 18.4. The summed E-state index contributed by atoms with van der Waals surface area (Å²) < 4.78 is 27.3. The van der Waals surface area contributed by atoms with Gasteiger partial charge < -0.3 is 16.0 Å². The first-order chi connectivity index (χ1) is 14.3. The van der Waals surface area contributed by atoms with Gasteiger partial charge in [-0.1, -0.05) is 0 Å². The summed E-state index contributed by atoms with van der Waals surface area (Å²) in [5, 5.41) is 8.34. The number of anilines is 1. The van der Waals surface area contributed by atoms with Gasteiger partial charge in [-0.2, -0.15) is 0 Å². The summed E-state index contributed by atoms with van der Waals surface area (Å²) in [5.41, 5.74) is 0.791. The molecule has 1 aliphatic heterocycles. The fourth-order valence-electron chi connectivity index (χ4n) is 3.55. The molecule has 0 spiro atoms. The molecule has 2 aliphatic rings. The highest BCUT2D eigenvalue weighted by atomic mass is 127. The lowest BCUT2D eigenvalue weighted by molar-refractivity contribution is -0.125. The molecule has 0 saturated heterocycles. The fourth-order valence-corrected chi connectivity index (χ4v) is 4.27. The van der Waals surface area contributed by atoms with Gasteiger partial charge in [0.2, 0.25) is 11.8 Å². The third kappa shape index (κ3) is 4.30. The molecule has 0 bridgehead atoms. The van der Waals surface area contributed by atoms with Crippen LogP contribution in [0, 0.1) is 15.2 Å². The molecular formula is C21H18F2IN3O3. The predicted octanol–water partition coefficient (Wildman–Crippen LogP) is 3.07. The van der Waals surface area contributed by atoms with Crippen molar-refractivity contribution in [1.29, 1.82) is 0 Å². The van der Waals surface area contributed by atoms with Crippen molar-refractivity contribution in [1.82, 2.24) is 10.6 Å². The number of hydrogen-bond donors (Lipinski definition) is 3. The molecule has 0 aromatic heterocycles. The molecule has 3 amide bonds. The summed E-state index contributed by atoms with van der Waals surface area (Å²) >= 11 is 1.89. The number of carbonyl (C=O) groups is 3. The van der Waals surface area contributed by atoms with Crippen LogP contribution in [0.2, 0.25) is 0 Å². The number of halogens is 3. The second kappa shape index (κ2) is 7.93. The lowest BCUT2D eigenvalue weighted by Crippen LogP contribution is -2.46. The summed E-state index contributed by atoms with van der Waals surface area (Å²) in [7, 11) is 0. The number of hydrogen-bond acceptors (Lipinski definition) is 3. The number of nitrogens with one attached hydrogen (secondary N) is 3. The molecule has 156 valence electrons. The number of benzene rings is 2. The number of amides is 3. The molecule has 1 heterocycles. The molecule has 1 aliphatic carbocycles. The van der Waals surface area contributed by atoms with E-state index in [0.29, 0.717) is 33.2 Å². The van der Waals surface area contributed by atoms with Crippen LogP contribution in [0.15, 0.2) is 36.4 Å². The minimum absolute atomic E-state index is 0.103. The average Bonchev–Trinajstić information content (AvgIpc) is 3.38. The molecule has 4 rings (SSSR count). The van der Waals surface area contributed by atoms with E-state index >= 15 is 0 Å². The van der Waals surface area contributed by atoms with Crippen LogP contribution in [0.4, 0.5) is 14.5 Å². The zero-order valence-electron chi connectivity index (χ0n) is 15.7. The molecule has 6 nitrogen and oxygen atoms in total. The lowest BCUT2D eigenvalue weighted by Gasteiger charge is -2.19. The molecule has 3 N–H and O–H groups in total. The topological polar surface area (TPSA) is 87.3 Å². The van der Waals surface area contributed by atoms with Crippen LogP contribution in [0.1, 0.15) is 41.1 Å². The van der Waals surface area contributed by atoms with E-state index in [1.807, 2.05) is 22.6 Å². The van der Waals surface area contributed by atoms with Crippen molar-refractivity contribution < 1.29 is 23.2 Å². The van der Waals surface area contributed by atoms with Gasteiger partial charge in [0.1, 0.15) is 11.6 Å². The van der Waals surface area contributed by atoms with Crippen molar-refractivity contribution >= 4 is 46.0 Å². The molecule has 0 radical (unpaired) electrons. The second-order valence-electron chi connectivity index (χ2n) is 7.61. The molecule has 9 heteroatoms. The van der Waals surface area contributed by atoms with E-state index in [1.54, 1.807) is 0 Å². The number of rotatable bonds is 6. The van der Waals surface area contributed by atoms with Crippen molar-refractivity contribution in [3.05, 3.63) is 62.7 Å². The van der Waals surface area contributed by atoms with E-state index in [4.69, 9.17) is 0 Å². The zero-order chi connectivity index (χ0) is 21.5. The maximum atomic E-state index is 13.5. The molecule has 1 unspecified atom stereocenters. The van der Waals surface area contributed by atoms with Gasteiger partial charge in [-0.05, 0) is 77.4 Å². The van der Waals surface area contributed by atoms with Crippen LogP contribution in [0.25, 0.3) is 0 Å². The Hall–Kier alpha value is -2.56. The van der Waals surface area contributed by atoms with Gasteiger partial charge in [-0.25, -0.2) is 8.78 Å². The molecule has 1 fully saturated rings. The van der Waals surface area contributed by atoms with Gasteiger partial charge in [0, 0.05) is 22.2 Å². The SMILES string of the molecule is O=C(CC1C(=O)Nc2ccc(F)cc21)NC1(CNC(=O)c2ccc(F)cc2I)CC1. The first kappa shape index (κ1) is 20.7. The minimum atomic E-state index is -0.748. The maximum Gasteiger partial charge on any atom is 0.252 e. The predicted molar refractivity (Wildman–Crippen MR) is 114 cm³/mol. The van der Waals surface area contributed by atoms with Gasteiger partial charge >= 0.3 is 0 Å². The largest absolute Gasteiger partial charge is 0.350 e. The van der Waals surface area contributed by atoms with Gasteiger partial charge in [-0.3, -0.25) is 14.4 Å². The van der Waals surface area contributed by atoms with Crippen LogP contribution in [-0.4, -0.2) is 29.8 Å². The number of fused-ring (bicyclic) bond motifs is 1. The van der Waals surface area contributed by atoms with Crippen LogP contribution in [-0.2, 0) is 9.59 Å². The Morgan fingerprint density at radius 1 is 1.13 bits per heavy atom. The summed E-state index contributed by atoms with van der Waals surface area (Å²) in [5.74, 6) is -2.65. The van der Waals surface area contributed by atoms with E-state index in [0.717, 1.165) is 0 Å². The second-order valence-corrected chi connectivity index (χ2v) is 8.78. The molecule has 2 aromatic rings. The van der Waals surface area contributed by atoms with Crippen molar-refractivity contribution in [2.75, 3.05) is 11.9 Å². The van der Waals surface area contributed by atoms with Crippen LogP contribution >= 0.6 is 22.6 Å². The summed E-state index contributed by atoms with van der Waals surface area (Å²) in [6, 6.07) is 7.92. The van der Waals surface area contributed by atoms with Crippen molar-refractivity contribution in [3.8, 4) is 0 Å². The Morgan fingerprint density at radius 3 is 2.53 bits per heavy atom. The first-order valence-electron chi connectivity index (χ1n) is 9.41. The van der Waals surface area contributed by atoms with E-state index < -0.39 is 23.1 Å². The van der Waals surface area contributed by atoms with Crippen LogP contribution < -0.4 is 16.0 Å². The Morgan fingerprint density at radius 2 is 1.83 bits per heavy atom. The van der Waals surface area contributed by atoms with Crippen molar-refractivity contribution in [2.45, 2.75) is 30.7 Å². The Kier molecular flexibility index (Phi) is 5.48. The van der Waals surface area contributed by atoms with E-state index in [2.05, 4.69) is 16.0 Å². The van der Waals surface area contributed by atoms with Gasteiger partial charge in [0.15, 0.2) is 0 Å². The van der Waals surface area contributed by atoms with Crippen molar-refractivity contribution in [3.63, 3.8) is 0 Å².